The number of carbonyl (C=O) groups is 7. The average molecular weight is 1170 g/mol. The van der Waals surface area contributed by atoms with Crippen molar-refractivity contribution in [3.8, 4) is 5.75 Å². The fourth-order valence-electron chi connectivity index (χ4n) is 14.9. The fourth-order valence-corrected chi connectivity index (χ4v) is 14.9. The van der Waals surface area contributed by atoms with E-state index in [1.807, 2.05) is 0 Å². The minimum absolute atomic E-state index is 0.0404. The molecule has 16 unspecified atom stereocenters. The number of benzene rings is 1. The predicted molar refractivity (Wildman–Crippen MR) is 307 cm³/mol. The van der Waals surface area contributed by atoms with Crippen molar-refractivity contribution in [1.29, 1.82) is 0 Å². The Morgan fingerprint density at radius 1 is 0.774 bits per heavy atom. The van der Waals surface area contributed by atoms with Gasteiger partial charge in [0.05, 0.1) is 18.8 Å². The number of phenols is 1. The van der Waals surface area contributed by atoms with Crippen LogP contribution in [0.5, 0.6) is 5.75 Å². The first-order valence-electron chi connectivity index (χ1n) is 30.3. The predicted octanol–water partition coefficient (Wildman–Crippen LogP) is 2.32. The van der Waals surface area contributed by atoms with Gasteiger partial charge in [0.25, 0.3) is 5.91 Å². The molecule has 464 valence electrons. The molecule has 6 fully saturated rings. The van der Waals surface area contributed by atoms with Crippen molar-refractivity contribution >= 4 is 41.5 Å². The number of nitrogens with zero attached hydrogens (tertiary/aromatic N) is 2. The smallest absolute Gasteiger partial charge is 0.408 e. The molecule has 7 aliphatic rings. The van der Waals surface area contributed by atoms with Crippen molar-refractivity contribution in [3.63, 3.8) is 0 Å². The van der Waals surface area contributed by atoms with Gasteiger partial charge in [-0.15, -0.1) is 0 Å². The van der Waals surface area contributed by atoms with Crippen molar-refractivity contribution in [2.24, 2.45) is 52.3 Å². The molecule has 8 rings (SSSR count). The molecule has 0 aromatic heterocycles. The number of nitrogens with one attached hydrogen (secondary N) is 5. The Kier molecular flexibility index (Phi) is 20.1. The molecule has 12 N–H and O–H groups in total. The molecule has 22 heteroatoms. The molecule has 1 aromatic rings. The molecule has 3 saturated carbocycles. The van der Waals surface area contributed by atoms with Gasteiger partial charge >= 0.3 is 6.09 Å². The molecule has 1 aromatic carbocycles. The van der Waals surface area contributed by atoms with Gasteiger partial charge in [-0.2, -0.15) is 0 Å². The van der Waals surface area contributed by atoms with Crippen LogP contribution in [0.1, 0.15) is 132 Å². The summed E-state index contributed by atoms with van der Waals surface area (Å²) < 4.78 is 6.04. The number of carbonyl (C=O) groups excluding carboxylic acids is 7. The number of phenolic OH excluding ortho intramolecular Hbond substituents is 1. The molecular weight excluding hydrogens is 1080 g/mol. The minimum Gasteiger partial charge on any atom is -0.508 e. The molecule has 3 saturated heterocycles. The van der Waals surface area contributed by atoms with E-state index in [1.54, 1.807) is 6.92 Å². The van der Waals surface area contributed by atoms with Crippen molar-refractivity contribution in [3.05, 3.63) is 65.3 Å². The Bertz CT molecular complexity index is 2700. The first-order chi connectivity index (χ1) is 39.6. The van der Waals surface area contributed by atoms with E-state index in [9.17, 15) is 69.3 Å². The number of allylic oxidation sites excluding steroid dienone is 5. The highest BCUT2D eigenvalue weighted by molar-refractivity contribution is 5.98. The zero-order chi connectivity index (χ0) is 61.3. The number of fused-ring (bicyclic) bond motifs is 7. The Morgan fingerprint density at radius 3 is 2.14 bits per heavy atom. The topological polar surface area (TPSA) is 337 Å². The van der Waals surface area contributed by atoms with Crippen molar-refractivity contribution in [2.45, 2.75) is 206 Å². The summed E-state index contributed by atoms with van der Waals surface area (Å²) in [6.45, 7) is 15.8. The van der Waals surface area contributed by atoms with Gasteiger partial charge in [-0.3, -0.25) is 28.8 Å². The number of hydrogen-bond acceptors (Lipinski definition) is 15. The summed E-state index contributed by atoms with van der Waals surface area (Å²) >= 11 is 0. The van der Waals surface area contributed by atoms with E-state index in [4.69, 9.17) is 4.74 Å². The molecule has 84 heavy (non-hydrogen) atoms. The molecule has 0 spiro atoms. The lowest BCUT2D eigenvalue weighted by Crippen LogP contribution is -2.63. The molecule has 22 nitrogen and oxygen atoms in total. The van der Waals surface area contributed by atoms with Crippen LogP contribution in [0.25, 0.3) is 0 Å². The summed E-state index contributed by atoms with van der Waals surface area (Å²) in [4.78, 5) is 102. The summed E-state index contributed by atoms with van der Waals surface area (Å²) in [7, 11) is 0. The summed E-state index contributed by atoms with van der Waals surface area (Å²) in [6, 6.07) is -4.73. The third kappa shape index (κ3) is 13.5. The van der Waals surface area contributed by atoms with Crippen LogP contribution in [0, 0.1) is 52.3 Å². The molecule has 0 bridgehead atoms. The fraction of sp³-hybridized carbons (Fsp3) is 0.694. The highest BCUT2D eigenvalue weighted by Crippen LogP contribution is 2.66. The van der Waals surface area contributed by atoms with Crippen molar-refractivity contribution in [2.75, 3.05) is 13.2 Å². The van der Waals surface area contributed by atoms with Crippen molar-refractivity contribution < 1.29 is 74.0 Å². The Morgan fingerprint density at radius 2 is 1.46 bits per heavy atom. The summed E-state index contributed by atoms with van der Waals surface area (Å²) in [5, 5.41) is 89.3. The zero-order valence-corrected chi connectivity index (χ0v) is 49.8. The van der Waals surface area contributed by atoms with E-state index >= 15 is 0 Å². The van der Waals surface area contributed by atoms with E-state index in [1.165, 1.54) is 36.3 Å². The molecule has 20 atom stereocenters. The van der Waals surface area contributed by atoms with Gasteiger partial charge in [-0.05, 0) is 135 Å². The van der Waals surface area contributed by atoms with Crippen LogP contribution in [0.2, 0.25) is 0 Å². The monoisotopic (exact) mass is 1170 g/mol. The highest BCUT2D eigenvalue weighted by atomic mass is 16.6. The van der Waals surface area contributed by atoms with Gasteiger partial charge in [0.1, 0.15) is 60.4 Å². The Labute approximate surface area is 492 Å². The average Bonchev–Trinajstić information content (AvgIpc) is 1.60. The highest BCUT2D eigenvalue weighted by Gasteiger charge is 2.57. The molecule has 7 amide bonds. The first-order valence-corrected chi connectivity index (χ1v) is 30.3. The zero-order valence-electron chi connectivity index (χ0n) is 49.8. The summed E-state index contributed by atoms with van der Waals surface area (Å²) in [5.74, 6) is -3.95. The number of ether oxygens (including phenoxy) is 1. The maximum atomic E-state index is 14.5. The van der Waals surface area contributed by atoms with Crippen LogP contribution in [0.15, 0.2) is 59.7 Å². The number of alkyl carbamates (subject to hydrolysis) is 1. The van der Waals surface area contributed by atoms with E-state index in [-0.39, 0.29) is 54.7 Å². The number of hydrogen-bond donors (Lipinski definition) is 12. The maximum Gasteiger partial charge on any atom is 0.408 e. The second-order valence-electron chi connectivity index (χ2n) is 26.2. The second-order valence-corrected chi connectivity index (χ2v) is 26.2. The minimum atomic E-state index is -2.14. The van der Waals surface area contributed by atoms with Crippen LogP contribution in [0.3, 0.4) is 0 Å². The number of aliphatic hydroxyl groups excluding tert-OH is 6. The van der Waals surface area contributed by atoms with Gasteiger partial charge in [-0.1, -0.05) is 96.0 Å². The Balaban J connectivity index is 1.03. The Hall–Kier alpha value is -5.91. The molecule has 0 radical (unpaired) electrons. The normalized spacial score (nSPS) is 36.9. The van der Waals surface area contributed by atoms with E-state index in [0.717, 1.165) is 43.1 Å². The lowest BCUT2D eigenvalue weighted by Gasteiger charge is -2.55. The van der Waals surface area contributed by atoms with E-state index in [2.05, 4.69) is 92.4 Å². The van der Waals surface area contributed by atoms with E-state index in [0.29, 0.717) is 58.8 Å². The number of amides is 7. The van der Waals surface area contributed by atoms with Gasteiger partial charge in [0, 0.05) is 25.8 Å². The van der Waals surface area contributed by atoms with Gasteiger partial charge in [0.2, 0.25) is 29.5 Å². The second kappa shape index (κ2) is 26.4. The SMILES string of the molecule is CC1CC2C(=O)N[C@H](O)[C@@H](O)CC(NC(=O)OC3CC[C@@]4(C)C(=CC=C5C6CCC(C(C)/C=C/C(C)C(C)C)[C@@]6(C)CCC54)C3)C(=O)NC(C(C)O)C(=O)N3C(O)CCC3C(=O)NC(C(O)Cc3ccc(O)cc3)C(=O)NC(CO)C(=O)N2C1. The van der Waals surface area contributed by atoms with Crippen LogP contribution in [-0.2, 0) is 39.9 Å². The molecule has 3 heterocycles. The third-order valence-electron chi connectivity index (χ3n) is 20.2. The van der Waals surface area contributed by atoms with Crippen LogP contribution in [-0.4, -0.2) is 173 Å². The van der Waals surface area contributed by atoms with E-state index < -0.39 is 128 Å². The third-order valence-corrected chi connectivity index (χ3v) is 20.2. The first kappa shape index (κ1) is 64.1. The van der Waals surface area contributed by atoms with Crippen LogP contribution < -0.4 is 26.6 Å². The lowest BCUT2D eigenvalue weighted by molar-refractivity contribution is -0.152. The lowest BCUT2D eigenvalue weighted by atomic mass is 9.50. The maximum absolute atomic E-state index is 14.5. The molecule has 3 aliphatic heterocycles. The summed E-state index contributed by atoms with van der Waals surface area (Å²) in [6.07, 6.45) is 2.98. The number of aromatic hydroxyl groups is 1. The molecule has 4 aliphatic carbocycles. The van der Waals surface area contributed by atoms with Crippen LogP contribution in [0.4, 0.5) is 4.79 Å². The van der Waals surface area contributed by atoms with Crippen LogP contribution >= 0.6 is 0 Å². The number of aliphatic hydroxyl groups is 6. The molecular formula is C62H91N7O15. The van der Waals surface area contributed by atoms with Gasteiger partial charge in [0.15, 0.2) is 6.23 Å². The standard InChI is InChI=1S/C62H91N7O15/c1-31(2)33(4)9-10-34(5)41-17-18-42-40-16-13-37-27-39(21-23-61(37,7)43(40)22-24-62(41,42)8)84-60(83)64-44-28-49(74)56(79)67-55(78)47-25-32(3)29-68(47)58(81)45(30-70)63-57(80)52(48(73)26-36-11-14-38(72)15-12-36)66-54(77)46-19-20-50(75)69(46)59(82)51(35(6)71)65-53(44)76/h9-16,31-35,39,41-52,56,70-75,79H,17-30H2,1-8H3,(H,63,80)(H,64,83)(H,65,76)(H,66,77)(H,67,78)/b10-9+/t32?,33?,34?,35?,39?,41?,42?,43?,44?,45?,46?,47?,48?,49-,50?,51?,52?,56+,61-,62+/m0/s1. The van der Waals surface area contributed by atoms with Gasteiger partial charge < -0.3 is 76.9 Å². The summed E-state index contributed by atoms with van der Waals surface area (Å²) in [5.41, 5.74) is 3.09. The largest absolute Gasteiger partial charge is 0.508 e. The number of rotatable bonds is 11. The van der Waals surface area contributed by atoms with Gasteiger partial charge in [-0.25, -0.2) is 4.79 Å². The van der Waals surface area contributed by atoms with Crippen molar-refractivity contribution in [1.82, 2.24) is 36.4 Å². The quantitative estimate of drug-likeness (QED) is 0.142.